The standard InChI is InChI=1S/C16H39N5/c1-15(2,3)20-11-10-18-8-9-19-12-14-21(13-7-17)16(4,5)6/h18-20H,7-14,17H2,1-6H3. The van der Waals surface area contributed by atoms with E-state index in [0.717, 1.165) is 52.4 Å². The van der Waals surface area contributed by atoms with Gasteiger partial charge in [0.05, 0.1) is 0 Å². The van der Waals surface area contributed by atoms with Gasteiger partial charge in [0.1, 0.15) is 0 Å². The van der Waals surface area contributed by atoms with Crippen molar-refractivity contribution in [3.05, 3.63) is 0 Å². The van der Waals surface area contributed by atoms with Gasteiger partial charge < -0.3 is 21.7 Å². The van der Waals surface area contributed by atoms with Crippen molar-refractivity contribution >= 4 is 0 Å². The first kappa shape index (κ1) is 20.8. The van der Waals surface area contributed by atoms with E-state index in [-0.39, 0.29) is 11.1 Å². The van der Waals surface area contributed by atoms with Gasteiger partial charge >= 0.3 is 0 Å². The minimum absolute atomic E-state index is 0.192. The molecule has 0 aliphatic carbocycles. The zero-order valence-electron chi connectivity index (χ0n) is 15.2. The summed E-state index contributed by atoms with van der Waals surface area (Å²) in [6.45, 7) is 21.1. The van der Waals surface area contributed by atoms with Crippen molar-refractivity contribution in [1.29, 1.82) is 0 Å². The lowest BCUT2D eigenvalue weighted by atomic mass is 10.1. The molecule has 0 bridgehead atoms. The van der Waals surface area contributed by atoms with Gasteiger partial charge in [-0.15, -0.1) is 0 Å². The van der Waals surface area contributed by atoms with E-state index in [9.17, 15) is 0 Å². The Bertz CT molecular complexity index is 242. The molecule has 5 nitrogen and oxygen atoms in total. The lowest BCUT2D eigenvalue weighted by Crippen LogP contribution is -2.47. The summed E-state index contributed by atoms with van der Waals surface area (Å²) in [5.41, 5.74) is 6.08. The van der Waals surface area contributed by atoms with Crippen LogP contribution < -0.4 is 21.7 Å². The summed E-state index contributed by atoms with van der Waals surface area (Å²) >= 11 is 0. The largest absolute Gasteiger partial charge is 0.329 e. The maximum atomic E-state index is 5.68. The first-order valence-electron chi connectivity index (χ1n) is 8.28. The number of nitrogens with one attached hydrogen (secondary N) is 3. The molecular weight excluding hydrogens is 262 g/mol. The Kier molecular flexibility index (Phi) is 10.4. The van der Waals surface area contributed by atoms with Crippen LogP contribution in [0.1, 0.15) is 41.5 Å². The molecule has 0 aliphatic heterocycles. The zero-order valence-corrected chi connectivity index (χ0v) is 15.2. The highest BCUT2D eigenvalue weighted by Crippen LogP contribution is 2.11. The number of nitrogens with two attached hydrogens (primary N) is 1. The van der Waals surface area contributed by atoms with E-state index in [1.54, 1.807) is 0 Å². The number of nitrogens with zero attached hydrogens (tertiary/aromatic N) is 1. The Labute approximate surface area is 132 Å². The van der Waals surface area contributed by atoms with Crippen LogP contribution in [0.2, 0.25) is 0 Å². The van der Waals surface area contributed by atoms with Gasteiger partial charge in [-0.25, -0.2) is 0 Å². The number of rotatable bonds is 11. The summed E-state index contributed by atoms with van der Waals surface area (Å²) in [5.74, 6) is 0. The molecule has 0 aromatic rings. The van der Waals surface area contributed by atoms with Crippen LogP contribution in [0.25, 0.3) is 0 Å². The number of hydrogen-bond acceptors (Lipinski definition) is 5. The van der Waals surface area contributed by atoms with Gasteiger partial charge in [0.15, 0.2) is 0 Å². The summed E-state index contributed by atoms with van der Waals surface area (Å²) in [6.07, 6.45) is 0. The van der Waals surface area contributed by atoms with Crippen molar-refractivity contribution in [2.24, 2.45) is 5.73 Å². The van der Waals surface area contributed by atoms with Crippen LogP contribution in [0.5, 0.6) is 0 Å². The van der Waals surface area contributed by atoms with E-state index in [2.05, 4.69) is 62.4 Å². The first-order valence-corrected chi connectivity index (χ1v) is 8.28. The summed E-state index contributed by atoms with van der Waals surface area (Å²) < 4.78 is 0. The van der Waals surface area contributed by atoms with E-state index in [1.165, 1.54) is 0 Å². The Morgan fingerprint density at radius 3 is 1.76 bits per heavy atom. The van der Waals surface area contributed by atoms with Crippen LogP contribution >= 0.6 is 0 Å². The molecule has 0 spiro atoms. The quantitative estimate of drug-likeness (QED) is 0.421. The summed E-state index contributed by atoms with van der Waals surface area (Å²) in [7, 11) is 0. The zero-order chi connectivity index (χ0) is 16.4. The van der Waals surface area contributed by atoms with E-state index in [1.807, 2.05) is 0 Å². The van der Waals surface area contributed by atoms with Gasteiger partial charge in [-0.05, 0) is 41.5 Å². The second-order valence-corrected chi connectivity index (χ2v) is 7.62. The van der Waals surface area contributed by atoms with Crippen molar-refractivity contribution in [3.63, 3.8) is 0 Å². The minimum atomic E-state index is 0.192. The highest BCUT2D eigenvalue weighted by Gasteiger charge is 2.19. The molecular formula is C16H39N5. The fourth-order valence-electron chi connectivity index (χ4n) is 2.11. The van der Waals surface area contributed by atoms with Gasteiger partial charge in [-0.2, -0.15) is 0 Å². The third-order valence-corrected chi connectivity index (χ3v) is 3.34. The van der Waals surface area contributed by atoms with Gasteiger partial charge in [0.25, 0.3) is 0 Å². The van der Waals surface area contributed by atoms with E-state index in [0.29, 0.717) is 0 Å². The van der Waals surface area contributed by atoms with Crippen LogP contribution in [0.15, 0.2) is 0 Å². The lowest BCUT2D eigenvalue weighted by Gasteiger charge is -2.35. The Morgan fingerprint density at radius 1 is 0.762 bits per heavy atom. The molecule has 0 fully saturated rings. The van der Waals surface area contributed by atoms with Crippen LogP contribution in [0.4, 0.5) is 0 Å². The minimum Gasteiger partial charge on any atom is -0.329 e. The molecule has 0 atom stereocenters. The molecule has 0 unspecified atom stereocenters. The maximum Gasteiger partial charge on any atom is 0.0126 e. The highest BCUT2D eigenvalue weighted by molar-refractivity contribution is 4.77. The molecule has 5 heteroatoms. The summed E-state index contributed by atoms with van der Waals surface area (Å²) in [4.78, 5) is 2.43. The number of hydrogen-bond donors (Lipinski definition) is 4. The molecule has 0 heterocycles. The van der Waals surface area contributed by atoms with Gasteiger partial charge in [0, 0.05) is 63.4 Å². The molecule has 0 aromatic carbocycles. The fourth-order valence-corrected chi connectivity index (χ4v) is 2.11. The van der Waals surface area contributed by atoms with Crippen LogP contribution in [-0.4, -0.2) is 68.3 Å². The topological polar surface area (TPSA) is 65.3 Å². The molecule has 0 rings (SSSR count). The Hall–Kier alpha value is -0.200. The smallest absolute Gasteiger partial charge is 0.0126 e. The third-order valence-electron chi connectivity index (χ3n) is 3.34. The van der Waals surface area contributed by atoms with Crippen molar-refractivity contribution in [1.82, 2.24) is 20.9 Å². The van der Waals surface area contributed by atoms with Gasteiger partial charge in [0.2, 0.25) is 0 Å². The lowest BCUT2D eigenvalue weighted by molar-refractivity contribution is 0.142. The van der Waals surface area contributed by atoms with E-state index < -0.39 is 0 Å². The van der Waals surface area contributed by atoms with Crippen LogP contribution in [-0.2, 0) is 0 Å². The molecule has 0 saturated heterocycles. The van der Waals surface area contributed by atoms with E-state index >= 15 is 0 Å². The molecule has 0 saturated carbocycles. The molecule has 0 aliphatic rings. The SMILES string of the molecule is CC(C)(C)NCCNCCNCCN(CCN)C(C)(C)C. The third kappa shape index (κ3) is 13.2. The molecule has 128 valence electrons. The van der Waals surface area contributed by atoms with Crippen molar-refractivity contribution in [2.45, 2.75) is 52.6 Å². The average Bonchev–Trinajstić information content (AvgIpc) is 2.32. The summed E-state index contributed by atoms with van der Waals surface area (Å²) in [5, 5.41) is 10.4. The second-order valence-electron chi connectivity index (χ2n) is 7.62. The van der Waals surface area contributed by atoms with E-state index in [4.69, 9.17) is 5.73 Å². The molecule has 0 aromatic heterocycles. The van der Waals surface area contributed by atoms with Crippen molar-refractivity contribution in [2.75, 3.05) is 52.4 Å². The predicted molar refractivity (Wildman–Crippen MR) is 93.9 cm³/mol. The predicted octanol–water partition coefficient (Wildman–Crippen LogP) is 0.613. The molecule has 0 radical (unpaired) electrons. The fraction of sp³-hybridized carbons (Fsp3) is 1.00. The Balaban J connectivity index is 3.50. The highest BCUT2D eigenvalue weighted by atomic mass is 15.2. The van der Waals surface area contributed by atoms with Gasteiger partial charge in [-0.3, -0.25) is 4.90 Å². The Morgan fingerprint density at radius 2 is 1.29 bits per heavy atom. The van der Waals surface area contributed by atoms with Crippen LogP contribution in [0, 0.1) is 0 Å². The first-order chi connectivity index (χ1) is 9.67. The molecule has 21 heavy (non-hydrogen) atoms. The van der Waals surface area contributed by atoms with Gasteiger partial charge in [-0.1, -0.05) is 0 Å². The van der Waals surface area contributed by atoms with Crippen molar-refractivity contribution in [3.8, 4) is 0 Å². The molecule has 5 N–H and O–H groups in total. The maximum absolute atomic E-state index is 5.68. The van der Waals surface area contributed by atoms with Crippen LogP contribution in [0.3, 0.4) is 0 Å². The average molecular weight is 302 g/mol. The van der Waals surface area contributed by atoms with Crippen molar-refractivity contribution < 1.29 is 0 Å². The molecule has 0 amide bonds. The normalized spacial score (nSPS) is 13.1. The summed E-state index contributed by atoms with van der Waals surface area (Å²) in [6, 6.07) is 0. The monoisotopic (exact) mass is 301 g/mol. The second kappa shape index (κ2) is 10.5.